The minimum atomic E-state index is -1.48. The predicted octanol–water partition coefficient (Wildman–Crippen LogP) is 3.70. The first-order valence-corrected chi connectivity index (χ1v) is 14.2. The molecule has 154 valence electrons. The Morgan fingerprint density at radius 2 is 1.86 bits per heavy atom. The molecule has 0 radical (unpaired) electrons. The second-order valence-corrected chi connectivity index (χ2v) is 16.1. The molecule has 28 heavy (non-hydrogen) atoms. The summed E-state index contributed by atoms with van der Waals surface area (Å²) in [5.74, 6) is 3.28. The maximum absolute atomic E-state index is 12.6. The lowest BCUT2D eigenvalue weighted by Crippen LogP contribution is -2.71. The zero-order valence-corrected chi connectivity index (χ0v) is 19.6. The fourth-order valence-corrected chi connectivity index (χ4v) is 4.18. The van der Waals surface area contributed by atoms with Crippen molar-refractivity contribution in [3.8, 4) is 11.5 Å². The van der Waals surface area contributed by atoms with E-state index >= 15 is 0 Å². The smallest absolute Gasteiger partial charge is 0.410 e. The summed E-state index contributed by atoms with van der Waals surface area (Å²) < 4.78 is 20.9. The Kier molecular flexibility index (Phi) is 7.13. The summed E-state index contributed by atoms with van der Waals surface area (Å²) in [6.07, 6.45) is 0.225. The van der Waals surface area contributed by atoms with Crippen molar-refractivity contribution in [3.05, 3.63) is 35.9 Å². The molecule has 1 aromatic rings. The molecule has 7 heteroatoms. The van der Waals surface area contributed by atoms with Crippen LogP contribution < -0.4 is 4.72 Å². The fourth-order valence-electron chi connectivity index (χ4n) is 2.66. The lowest BCUT2D eigenvalue weighted by molar-refractivity contribution is 0.0323. The molecule has 0 saturated carbocycles. The van der Waals surface area contributed by atoms with Crippen molar-refractivity contribution in [2.75, 3.05) is 13.1 Å². The van der Waals surface area contributed by atoms with Crippen LogP contribution in [-0.2, 0) is 22.3 Å². The van der Waals surface area contributed by atoms with Gasteiger partial charge < -0.3 is 9.64 Å². The number of nitrogens with zero attached hydrogens (tertiary/aromatic N) is 1. The highest BCUT2D eigenvalue weighted by atomic mass is 32.2. The van der Waals surface area contributed by atoms with Gasteiger partial charge in [-0.05, 0) is 26.3 Å². The number of rotatable bonds is 5. The minimum Gasteiger partial charge on any atom is -0.445 e. The summed E-state index contributed by atoms with van der Waals surface area (Å²) in [5.41, 5.74) is 3.87. The largest absolute Gasteiger partial charge is 0.445 e. The van der Waals surface area contributed by atoms with Gasteiger partial charge in [-0.25, -0.2) is 13.7 Å². The van der Waals surface area contributed by atoms with Gasteiger partial charge in [-0.2, -0.15) is 0 Å². The Hall–Kier alpha value is -1.62. The summed E-state index contributed by atoms with van der Waals surface area (Å²) in [5, 5.41) is 0. The van der Waals surface area contributed by atoms with E-state index in [4.69, 9.17) is 4.74 Å². The number of benzene rings is 1. The molecule has 1 aliphatic heterocycles. The van der Waals surface area contributed by atoms with E-state index < -0.39 is 24.6 Å². The highest BCUT2D eigenvalue weighted by Crippen LogP contribution is 2.27. The third-order valence-electron chi connectivity index (χ3n) is 4.21. The van der Waals surface area contributed by atoms with E-state index in [-0.39, 0.29) is 17.4 Å². The maximum atomic E-state index is 12.6. The van der Waals surface area contributed by atoms with Gasteiger partial charge in [0.25, 0.3) is 0 Å². The molecule has 1 saturated heterocycles. The Morgan fingerprint density at radius 1 is 1.25 bits per heavy atom. The van der Waals surface area contributed by atoms with Crippen molar-refractivity contribution in [1.82, 2.24) is 9.62 Å². The van der Waals surface area contributed by atoms with Gasteiger partial charge in [0.2, 0.25) is 0 Å². The molecule has 5 nitrogen and oxygen atoms in total. The number of ether oxygens (including phenoxy) is 1. The first-order chi connectivity index (χ1) is 12.9. The number of carbonyl (C=O) groups is 1. The number of likely N-dealkylation sites (tertiary alicyclic amines) is 1. The molecular formula is C21H32N2O3SSi. The van der Waals surface area contributed by atoms with E-state index in [0.29, 0.717) is 19.5 Å². The van der Waals surface area contributed by atoms with Gasteiger partial charge in [-0.1, -0.05) is 50.0 Å². The number of hydrogen-bond acceptors (Lipinski definition) is 3. The Morgan fingerprint density at radius 3 is 2.39 bits per heavy atom. The van der Waals surface area contributed by atoms with Crippen molar-refractivity contribution in [2.24, 2.45) is 0 Å². The summed E-state index contributed by atoms with van der Waals surface area (Å²) in [4.78, 5) is 14.0. The van der Waals surface area contributed by atoms with Crippen LogP contribution in [0.2, 0.25) is 19.6 Å². The molecule has 0 aliphatic carbocycles. The van der Waals surface area contributed by atoms with E-state index in [1.54, 1.807) is 4.90 Å². The van der Waals surface area contributed by atoms with E-state index in [9.17, 15) is 9.00 Å². The highest BCUT2D eigenvalue weighted by Gasteiger charge is 2.47. The molecule has 1 atom stereocenters. The molecule has 1 unspecified atom stereocenters. The molecule has 0 spiro atoms. The van der Waals surface area contributed by atoms with Crippen molar-refractivity contribution < 1.29 is 13.7 Å². The average Bonchev–Trinajstić information content (AvgIpc) is 2.55. The molecule has 0 aromatic heterocycles. The fraction of sp³-hybridized carbons (Fsp3) is 0.571. The molecule has 1 aliphatic rings. The highest BCUT2D eigenvalue weighted by molar-refractivity contribution is 7.84. The van der Waals surface area contributed by atoms with Crippen LogP contribution in [0.25, 0.3) is 0 Å². The topological polar surface area (TPSA) is 58.6 Å². The zero-order chi connectivity index (χ0) is 21.0. The van der Waals surface area contributed by atoms with Gasteiger partial charge in [0.1, 0.15) is 14.7 Å². The van der Waals surface area contributed by atoms with E-state index in [1.165, 1.54) is 0 Å². The van der Waals surface area contributed by atoms with Crippen molar-refractivity contribution in [3.63, 3.8) is 0 Å². The number of nitrogens with one attached hydrogen (secondary N) is 1. The second-order valence-electron chi connectivity index (χ2n) is 9.39. The van der Waals surface area contributed by atoms with Gasteiger partial charge in [-0.15, -0.1) is 11.5 Å². The summed E-state index contributed by atoms with van der Waals surface area (Å²) >= 11 is 0. The van der Waals surface area contributed by atoms with Crippen molar-refractivity contribution >= 4 is 25.2 Å². The van der Waals surface area contributed by atoms with Gasteiger partial charge in [0.05, 0.1) is 21.3 Å². The minimum absolute atomic E-state index is 0.250. The van der Waals surface area contributed by atoms with Crippen LogP contribution in [0, 0.1) is 11.5 Å². The summed E-state index contributed by atoms with van der Waals surface area (Å²) in [6.45, 7) is 13.5. The monoisotopic (exact) mass is 420 g/mol. The van der Waals surface area contributed by atoms with Crippen LogP contribution in [0.3, 0.4) is 0 Å². The standard InChI is InChI=1S/C21H32N2O3SSi/c1-20(2,3)27(25)22-21(13-10-14-28(4,5)6)16-23(17-21)19(24)26-15-18-11-8-7-9-12-18/h7-9,11-12,22H,13,15-17H2,1-6H3. The van der Waals surface area contributed by atoms with Crippen LogP contribution in [-0.4, -0.2) is 46.7 Å². The second kappa shape index (κ2) is 8.81. The molecule has 1 heterocycles. The normalized spacial score (nSPS) is 17.1. The molecule has 1 aromatic carbocycles. The van der Waals surface area contributed by atoms with Crippen LogP contribution in [0.4, 0.5) is 4.79 Å². The predicted molar refractivity (Wildman–Crippen MR) is 118 cm³/mol. The molecule has 1 N–H and O–H groups in total. The third-order valence-corrected chi connectivity index (χ3v) is 6.86. The van der Waals surface area contributed by atoms with E-state index in [0.717, 1.165) is 5.56 Å². The van der Waals surface area contributed by atoms with Gasteiger partial charge in [-0.3, -0.25) is 0 Å². The van der Waals surface area contributed by atoms with Crippen LogP contribution in [0.5, 0.6) is 0 Å². The third kappa shape index (κ3) is 6.76. The Labute approximate surface area is 172 Å². The number of carbonyl (C=O) groups excluding carboxylic acids is 1. The zero-order valence-electron chi connectivity index (χ0n) is 17.8. The SMILES string of the molecule is CC(C)(C)S(=O)NC1(CC#C[Si](C)(C)C)CN(C(=O)OCc2ccccc2)C1. The van der Waals surface area contributed by atoms with E-state index in [1.807, 2.05) is 51.1 Å². The lowest BCUT2D eigenvalue weighted by Gasteiger charge is -2.49. The average molecular weight is 421 g/mol. The number of amides is 1. The maximum Gasteiger partial charge on any atom is 0.410 e. The van der Waals surface area contributed by atoms with Gasteiger partial charge in [0, 0.05) is 19.5 Å². The van der Waals surface area contributed by atoms with Crippen LogP contribution >= 0.6 is 0 Å². The summed E-state index contributed by atoms with van der Waals surface area (Å²) in [7, 11) is -2.71. The Balaban J connectivity index is 1.99. The van der Waals surface area contributed by atoms with E-state index in [2.05, 4.69) is 35.8 Å². The van der Waals surface area contributed by atoms with Gasteiger partial charge in [0.15, 0.2) is 0 Å². The Bertz CT molecular complexity index is 767. The van der Waals surface area contributed by atoms with Crippen LogP contribution in [0.1, 0.15) is 32.8 Å². The molecule has 2 rings (SSSR count). The van der Waals surface area contributed by atoms with Crippen molar-refractivity contribution in [1.29, 1.82) is 0 Å². The number of hydrogen-bond donors (Lipinski definition) is 1. The first-order valence-electron chi connectivity index (χ1n) is 9.56. The first kappa shape index (κ1) is 22.7. The lowest BCUT2D eigenvalue weighted by atomic mass is 9.88. The summed E-state index contributed by atoms with van der Waals surface area (Å²) in [6, 6.07) is 9.61. The molecular weight excluding hydrogens is 388 g/mol. The quantitative estimate of drug-likeness (QED) is 0.584. The van der Waals surface area contributed by atoms with Crippen molar-refractivity contribution in [2.45, 2.75) is 63.7 Å². The molecule has 1 amide bonds. The molecule has 1 fully saturated rings. The van der Waals surface area contributed by atoms with Gasteiger partial charge >= 0.3 is 6.09 Å². The molecule has 0 bridgehead atoms. The van der Waals surface area contributed by atoms with Crippen LogP contribution in [0.15, 0.2) is 30.3 Å².